The molecule has 2 amide bonds. The molecule has 1 aliphatic rings. The summed E-state index contributed by atoms with van der Waals surface area (Å²) in [6, 6.07) is 0.255. The fourth-order valence-corrected chi connectivity index (χ4v) is 3.01. The van der Waals surface area contributed by atoms with E-state index in [0.29, 0.717) is 5.92 Å². The van der Waals surface area contributed by atoms with Crippen molar-refractivity contribution in [3.8, 4) is 0 Å². The van der Waals surface area contributed by atoms with Crippen LogP contribution < -0.4 is 0 Å². The van der Waals surface area contributed by atoms with Crippen molar-refractivity contribution in [2.45, 2.75) is 65.0 Å². The third kappa shape index (κ3) is 4.39. The quantitative estimate of drug-likeness (QED) is 0.844. The number of nitrogens with zero attached hydrogens (tertiary/aromatic N) is 2. The Bertz CT molecular complexity index is 344. The average Bonchev–Trinajstić information content (AvgIpc) is 2.37. The number of aliphatic carboxylic acids is 1. The van der Waals surface area contributed by atoms with E-state index in [1.807, 2.05) is 25.8 Å². The average molecular weight is 284 g/mol. The summed E-state index contributed by atoms with van der Waals surface area (Å²) in [6.45, 7) is 6.33. The van der Waals surface area contributed by atoms with Gasteiger partial charge in [0.25, 0.3) is 0 Å². The Balaban J connectivity index is 2.69. The van der Waals surface area contributed by atoms with Gasteiger partial charge in [-0.2, -0.15) is 0 Å². The van der Waals surface area contributed by atoms with Gasteiger partial charge in [-0.25, -0.2) is 4.79 Å². The number of urea groups is 1. The van der Waals surface area contributed by atoms with Crippen molar-refractivity contribution in [1.29, 1.82) is 0 Å². The zero-order valence-corrected chi connectivity index (χ0v) is 13.1. The fourth-order valence-electron chi connectivity index (χ4n) is 3.01. The predicted octanol–water partition coefficient (Wildman–Crippen LogP) is 2.80. The van der Waals surface area contributed by atoms with Crippen LogP contribution in [-0.4, -0.2) is 52.6 Å². The van der Waals surface area contributed by atoms with E-state index < -0.39 is 5.97 Å². The van der Waals surface area contributed by atoms with Gasteiger partial charge >= 0.3 is 12.0 Å². The number of rotatable bonds is 5. The Labute approximate surface area is 121 Å². The molecule has 1 fully saturated rings. The lowest BCUT2D eigenvalue weighted by molar-refractivity contribution is -0.137. The van der Waals surface area contributed by atoms with Gasteiger partial charge in [0, 0.05) is 25.7 Å². The largest absolute Gasteiger partial charge is 0.481 e. The highest BCUT2D eigenvalue weighted by Gasteiger charge is 2.31. The Hall–Kier alpha value is -1.26. The normalized spacial score (nSPS) is 22.6. The highest BCUT2D eigenvalue weighted by atomic mass is 16.4. The molecular weight excluding hydrogens is 256 g/mol. The van der Waals surface area contributed by atoms with E-state index in [2.05, 4.69) is 6.92 Å². The van der Waals surface area contributed by atoms with E-state index in [1.54, 1.807) is 4.90 Å². The number of carboxylic acids is 1. The molecule has 1 aliphatic carbocycles. The number of carbonyl (C=O) groups is 2. The molecule has 0 radical (unpaired) electrons. The summed E-state index contributed by atoms with van der Waals surface area (Å²) in [4.78, 5) is 26.8. The van der Waals surface area contributed by atoms with E-state index in [-0.39, 0.29) is 31.1 Å². The minimum Gasteiger partial charge on any atom is -0.481 e. The number of carbonyl (C=O) groups excluding carboxylic acids is 1. The second kappa shape index (κ2) is 7.50. The standard InChI is InChI=1S/C15H28N2O3/c1-11(2)17(10-9-14(18)19)15(20)16(4)13-8-6-5-7-12(13)3/h11-13H,5-10H2,1-4H3,(H,18,19). The molecule has 1 rings (SSSR count). The molecule has 1 saturated carbocycles. The highest BCUT2D eigenvalue weighted by Crippen LogP contribution is 2.28. The molecule has 0 spiro atoms. The number of carboxylic acid groups (broad SMARTS) is 1. The zero-order chi connectivity index (χ0) is 15.3. The first-order valence-electron chi connectivity index (χ1n) is 7.59. The van der Waals surface area contributed by atoms with E-state index in [1.165, 1.54) is 19.3 Å². The van der Waals surface area contributed by atoms with Gasteiger partial charge in [-0.3, -0.25) is 4.79 Å². The second-order valence-corrected chi connectivity index (χ2v) is 6.15. The Morgan fingerprint density at radius 1 is 1.25 bits per heavy atom. The monoisotopic (exact) mass is 284 g/mol. The van der Waals surface area contributed by atoms with Gasteiger partial charge in [-0.05, 0) is 32.6 Å². The van der Waals surface area contributed by atoms with Crippen molar-refractivity contribution in [1.82, 2.24) is 9.80 Å². The summed E-state index contributed by atoms with van der Waals surface area (Å²) in [5, 5.41) is 8.80. The molecule has 0 aliphatic heterocycles. The lowest BCUT2D eigenvalue weighted by Gasteiger charge is -2.40. The summed E-state index contributed by atoms with van der Waals surface area (Å²) in [5.74, 6) is -0.344. The molecule has 0 saturated heterocycles. The van der Waals surface area contributed by atoms with Crippen LogP contribution >= 0.6 is 0 Å². The Morgan fingerprint density at radius 3 is 2.35 bits per heavy atom. The van der Waals surface area contributed by atoms with E-state index >= 15 is 0 Å². The van der Waals surface area contributed by atoms with Crippen LogP contribution in [0.5, 0.6) is 0 Å². The van der Waals surface area contributed by atoms with Crippen LogP contribution in [-0.2, 0) is 4.79 Å². The SMILES string of the molecule is CC1CCCCC1N(C)C(=O)N(CCC(=O)O)C(C)C. The topological polar surface area (TPSA) is 60.9 Å². The lowest BCUT2D eigenvalue weighted by atomic mass is 9.85. The van der Waals surface area contributed by atoms with E-state index in [9.17, 15) is 9.59 Å². The van der Waals surface area contributed by atoms with Gasteiger partial charge < -0.3 is 14.9 Å². The summed E-state index contributed by atoms with van der Waals surface area (Å²) in [6.07, 6.45) is 4.63. The van der Waals surface area contributed by atoms with Gasteiger partial charge in [0.2, 0.25) is 0 Å². The van der Waals surface area contributed by atoms with Crippen LogP contribution in [0.4, 0.5) is 4.79 Å². The molecule has 5 heteroatoms. The summed E-state index contributed by atoms with van der Waals surface area (Å²) in [5.41, 5.74) is 0. The number of hydrogen-bond donors (Lipinski definition) is 1. The first-order chi connectivity index (χ1) is 9.34. The maximum Gasteiger partial charge on any atom is 0.320 e. The van der Waals surface area contributed by atoms with Gasteiger partial charge in [0.15, 0.2) is 0 Å². The van der Waals surface area contributed by atoms with E-state index in [4.69, 9.17) is 5.11 Å². The van der Waals surface area contributed by atoms with Crippen molar-refractivity contribution in [2.24, 2.45) is 5.92 Å². The van der Waals surface area contributed by atoms with Crippen molar-refractivity contribution in [3.63, 3.8) is 0 Å². The molecule has 2 unspecified atom stereocenters. The van der Waals surface area contributed by atoms with Crippen molar-refractivity contribution < 1.29 is 14.7 Å². The third-order valence-electron chi connectivity index (χ3n) is 4.30. The molecule has 0 aromatic carbocycles. The van der Waals surface area contributed by atoms with Gasteiger partial charge in [0.05, 0.1) is 6.42 Å². The van der Waals surface area contributed by atoms with Gasteiger partial charge in [0.1, 0.15) is 0 Å². The summed E-state index contributed by atoms with van der Waals surface area (Å²) < 4.78 is 0. The first-order valence-corrected chi connectivity index (χ1v) is 7.59. The minimum absolute atomic E-state index is 0.00200. The van der Waals surface area contributed by atoms with Gasteiger partial charge in [-0.15, -0.1) is 0 Å². The van der Waals surface area contributed by atoms with Crippen molar-refractivity contribution in [2.75, 3.05) is 13.6 Å². The van der Waals surface area contributed by atoms with Crippen LogP contribution in [0.2, 0.25) is 0 Å². The fraction of sp³-hybridized carbons (Fsp3) is 0.867. The van der Waals surface area contributed by atoms with Gasteiger partial charge in [-0.1, -0.05) is 19.8 Å². The summed E-state index contributed by atoms with van der Waals surface area (Å²) >= 11 is 0. The van der Waals surface area contributed by atoms with Crippen molar-refractivity contribution in [3.05, 3.63) is 0 Å². The van der Waals surface area contributed by atoms with Crippen LogP contribution in [0.3, 0.4) is 0 Å². The molecule has 5 nitrogen and oxygen atoms in total. The molecule has 2 atom stereocenters. The smallest absolute Gasteiger partial charge is 0.320 e. The first kappa shape index (κ1) is 16.8. The maximum absolute atomic E-state index is 12.6. The molecule has 1 N–H and O–H groups in total. The number of hydrogen-bond acceptors (Lipinski definition) is 2. The maximum atomic E-state index is 12.6. The third-order valence-corrected chi connectivity index (χ3v) is 4.30. The minimum atomic E-state index is -0.864. The molecule has 0 aromatic heterocycles. The molecule has 0 bridgehead atoms. The summed E-state index contributed by atoms with van der Waals surface area (Å²) in [7, 11) is 1.85. The second-order valence-electron chi connectivity index (χ2n) is 6.15. The van der Waals surface area contributed by atoms with Crippen LogP contribution in [0, 0.1) is 5.92 Å². The van der Waals surface area contributed by atoms with Crippen LogP contribution in [0.1, 0.15) is 52.9 Å². The van der Waals surface area contributed by atoms with Crippen LogP contribution in [0.15, 0.2) is 0 Å². The van der Waals surface area contributed by atoms with E-state index in [0.717, 1.165) is 6.42 Å². The Morgan fingerprint density at radius 2 is 1.85 bits per heavy atom. The predicted molar refractivity (Wildman–Crippen MR) is 78.7 cm³/mol. The van der Waals surface area contributed by atoms with Crippen LogP contribution in [0.25, 0.3) is 0 Å². The number of amides is 2. The lowest BCUT2D eigenvalue weighted by Crippen LogP contribution is -2.51. The Kier molecular flexibility index (Phi) is 6.30. The molecule has 116 valence electrons. The molecule has 0 heterocycles. The van der Waals surface area contributed by atoms with Crippen molar-refractivity contribution >= 4 is 12.0 Å². The molecular formula is C15H28N2O3. The highest BCUT2D eigenvalue weighted by molar-refractivity contribution is 5.76. The molecule has 0 aromatic rings. The molecule has 20 heavy (non-hydrogen) atoms. The zero-order valence-electron chi connectivity index (χ0n) is 13.1.